The highest BCUT2D eigenvalue weighted by molar-refractivity contribution is 9.09. The van der Waals surface area contributed by atoms with Gasteiger partial charge in [-0.2, -0.15) is 0 Å². The van der Waals surface area contributed by atoms with Crippen LogP contribution in [-0.4, -0.2) is 5.33 Å². The van der Waals surface area contributed by atoms with Gasteiger partial charge in [0, 0.05) is 10.2 Å². The fourth-order valence-electron chi connectivity index (χ4n) is 1.94. The van der Waals surface area contributed by atoms with Gasteiger partial charge in [-0.1, -0.05) is 51.8 Å². The van der Waals surface area contributed by atoms with Crippen molar-refractivity contribution in [2.45, 2.75) is 25.7 Å². The predicted octanol–water partition coefficient (Wildman–Crippen LogP) is 5.17. The molecule has 0 saturated heterocycles. The van der Waals surface area contributed by atoms with Gasteiger partial charge >= 0.3 is 0 Å². The van der Waals surface area contributed by atoms with E-state index in [1.807, 2.05) is 11.3 Å². The van der Waals surface area contributed by atoms with Crippen LogP contribution >= 0.6 is 27.3 Å². The summed E-state index contributed by atoms with van der Waals surface area (Å²) < 4.78 is 0. The molecule has 17 heavy (non-hydrogen) atoms. The Kier molecular flexibility index (Phi) is 4.81. The maximum Gasteiger partial charge on any atom is 0.0100 e. The summed E-state index contributed by atoms with van der Waals surface area (Å²) in [6.45, 7) is 2.14. The number of benzene rings is 1. The Hall–Kier alpha value is -0.600. The number of rotatable bonds is 5. The molecule has 0 saturated carbocycles. The van der Waals surface area contributed by atoms with Gasteiger partial charge in [-0.25, -0.2) is 0 Å². The fourth-order valence-corrected chi connectivity index (χ4v) is 3.37. The molecule has 1 unspecified atom stereocenters. The molecule has 1 aromatic carbocycles. The summed E-state index contributed by atoms with van der Waals surface area (Å²) in [6, 6.07) is 13.3. The van der Waals surface area contributed by atoms with Crippen LogP contribution in [0.4, 0.5) is 0 Å². The van der Waals surface area contributed by atoms with E-state index in [1.165, 1.54) is 28.8 Å². The van der Waals surface area contributed by atoms with Gasteiger partial charge in [-0.05, 0) is 42.7 Å². The van der Waals surface area contributed by atoms with Crippen molar-refractivity contribution in [1.82, 2.24) is 0 Å². The lowest BCUT2D eigenvalue weighted by atomic mass is 9.95. The van der Waals surface area contributed by atoms with Gasteiger partial charge in [-0.3, -0.25) is 0 Å². The van der Waals surface area contributed by atoms with E-state index in [1.54, 1.807) is 0 Å². The minimum absolute atomic E-state index is 0.623. The van der Waals surface area contributed by atoms with Crippen LogP contribution in [0, 0.1) is 6.92 Å². The van der Waals surface area contributed by atoms with Gasteiger partial charge in [0.25, 0.3) is 0 Å². The molecule has 90 valence electrons. The van der Waals surface area contributed by atoms with Crippen LogP contribution in [0.1, 0.15) is 28.3 Å². The Morgan fingerprint density at radius 2 is 1.94 bits per heavy atom. The third-order valence-corrected chi connectivity index (χ3v) is 4.77. The normalized spacial score (nSPS) is 12.6. The molecule has 0 nitrogen and oxygen atoms in total. The standard InChI is InChI=1S/C15H17BrS/c1-12-4-6-13(7-5-12)14(11-16)8-9-15-3-2-10-17-15/h2-7,10,14H,8-9,11H2,1H3. The van der Waals surface area contributed by atoms with E-state index in [0.29, 0.717) is 5.92 Å². The average Bonchev–Trinajstić information content (AvgIpc) is 2.85. The second kappa shape index (κ2) is 6.36. The molecule has 1 aromatic heterocycles. The molecule has 0 aliphatic carbocycles. The highest BCUT2D eigenvalue weighted by Crippen LogP contribution is 2.25. The molecule has 0 N–H and O–H groups in total. The molecule has 0 radical (unpaired) electrons. The average molecular weight is 309 g/mol. The molecule has 0 aliphatic heterocycles. The van der Waals surface area contributed by atoms with Crippen molar-refractivity contribution in [3.63, 3.8) is 0 Å². The van der Waals surface area contributed by atoms with Crippen molar-refractivity contribution in [3.8, 4) is 0 Å². The third kappa shape index (κ3) is 3.68. The molecule has 0 fully saturated rings. The monoisotopic (exact) mass is 308 g/mol. The largest absolute Gasteiger partial charge is 0.149 e. The molecule has 2 aromatic rings. The maximum absolute atomic E-state index is 3.64. The molecular weight excluding hydrogens is 292 g/mol. The first-order valence-electron chi connectivity index (χ1n) is 5.94. The van der Waals surface area contributed by atoms with Gasteiger partial charge in [-0.15, -0.1) is 11.3 Å². The molecule has 1 atom stereocenters. The fraction of sp³-hybridized carbons (Fsp3) is 0.333. The highest BCUT2D eigenvalue weighted by Gasteiger charge is 2.10. The van der Waals surface area contributed by atoms with Crippen LogP contribution in [0.15, 0.2) is 41.8 Å². The number of hydrogen-bond acceptors (Lipinski definition) is 1. The van der Waals surface area contributed by atoms with Gasteiger partial charge in [0.2, 0.25) is 0 Å². The number of alkyl halides is 1. The summed E-state index contributed by atoms with van der Waals surface area (Å²) in [5.41, 5.74) is 2.78. The predicted molar refractivity (Wildman–Crippen MR) is 80.4 cm³/mol. The number of hydrogen-bond donors (Lipinski definition) is 0. The number of aryl methyl sites for hydroxylation is 2. The lowest BCUT2D eigenvalue weighted by Crippen LogP contribution is -2.01. The molecule has 2 rings (SSSR count). The minimum Gasteiger partial charge on any atom is -0.149 e. The zero-order chi connectivity index (χ0) is 12.1. The Bertz CT molecular complexity index is 430. The van der Waals surface area contributed by atoms with Crippen LogP contribution in [0.2, 0.25) is 0 Å². The van der Waals surface area contributed by atoms with Crippen molar-refractivity contribution in [2.75, 3.05) is 5.33 Å². The van der Waals surface area contributed by atoms with Gasteiger partial charge < -0.3 is 0 Å². The molecule has 1 heterocycles. The van der Waals surface area contributed by atoms with Crippen LogP contribution in [-0.2, 0) is 6.42 Å². The van der Waals surface area contributed by atoms with E-state index >= 15 is 0 Å². The lowest BCUT2D eigenvalue weighted by Gasteiger charge is -2.14. The van der Waals surface area contributed by atoms with Crippen molar-refractivity contribution in [3.05, 3.63) is 57.8 Å². The van der Waals surface area contributed by atoms with Crippen LogP contribution in [0.5, 0.6) is 0 Å². The van der Waals surface area contributed by atoms with Crippen molar-refractivity contribution < 1.29 is 0 Å². The number of thiophene rings is 1. The molecular formula is C15H17BrS. The van der Waals surface area contributed by atoms with E-state index in [-0.39, 0.29) is 0 Å². The van der Waals surface area contributed by atoms with Gasteiger partial charge in [0.05, 0.1) is 0 Å². The summed E-state index contributed by atoms with van der Waals surface area (Å²) in [4.78, 5) is 1.49. The lowest BCUT2D eigenvalue weighted by molar-refractivity contribution is 0.697. The first-order chi connectivity index (χ1) is 8.29. The third-order valence-electron chi connectivity index (χ3n) is 3.05. The molecule has 2 heteroatoms. The SMILES string of the molecule is Cc1ccc(C(CBr)CCc2cccs2)cc1. The van der Waals surface area contributed by atoms with Gasteiger partial charge in [0.15, 0.2) is 0 Å². The van der Waals surface area contributed by atoms with Crippen molar-refractivity contribution in [1.29, 1.82) is 0 Å². The first kappa shape index (κ1) is 12.8. The second-order valence-corrected chi connectivity index (χ2v) is 6.06. The molecule has 0 spiro atoms. The summed E-state index contributed by atoms with van der Waals surface area (Å²) in [5, 5.41) is 3.20. The minimum atomic E-state index is 0.623. The first-order valence-corrected chi connectivity index (χ1v) is 7.94. The Morgan fingerprint density at radius 3 is 2.53 bits per heavy atom. The zero-order valence-corrected chi connectivity index (χ0v) is 12.4. The van der Waals surface area contributed by atoms with E-state index < -0.39 is 0 Å². The van der Waals surface area contributed by atoms with Crippen molar-refractivity contribution in [2.24, 2.45) is 0 Å². The number of halogens is 1. The van der Waals surface area contributed by atoms with Crippen LogP contribution in [0.25, 0.3) is 0 Å². The second-order valence-electron chi connectivity index (χ2n) is 4.38. The molecule has 0 bridgehead atoms. The van der Waals surface area contributed by atoms with Crippen molar-refractivity contribution >= 4 is 27.3 Å². The van der Waals surface area contributed by atoms with Crippen LogP contribution < -0.4 is 0 Å². The quantitative estimate of drug-likeness (QED) is 0.669. The summed E-state index contributed by atoms with van der Waals surface area (Å²) in [6.07, 6.45) is 2.40. The Balaban J connectivity index is 1.99. The Labute approximate surface area is 116 Å². The Morgan fingerprint density at radius 1 is 1.18 bits per heavy atom. The van der Waals surface area contributed by atoms with E-state index in [2.05, 4.69) is 64.6 Å². The molecule has 0 amide bonds. The molecule has 0 aliphatic rings. The highest BCUT2D eigenvalue weighted by atomic mass is 79.9. The zero-order valence-electron chi connectivity index (χ0n) is 10.0. The summed E-state index contributed by atoms with van der Waals surface area (Å²) in [5.74, 6) is 0.623. The summed E-state index contributed by atoms with van der Waals surface area (Å²) >= 11 is 5.50. The van der Waals surface area contributed by atoms with E-state index in [4.69, 9.17) is 0 Å². The van der Waals surface area contributed by atoms with E-state index in [0.717, 1.165) is 5.33 Å². The smallest absolute Gasteiger partial charge is 0.0100 e. The maximum atomic E-state index is 3.64. The van der Waals surface area contributed by atoms with Crippen LogP contribution in [0.3, 0.4) is 0 Å². The van der Waals surface area contributed by atoms with Gasteiger partial charge in [0.1, 0.15) is 0 Å². The summed E-state index contributed by atoms with van der Waals surface area (Å²) in [7, 11) is 0. The van der Waals surface area contributed by atoms with E-state index in [9.17, 15) is 0 Å². The topological polar surface area (TPSA) is 0 Å².